The number of fused-ring (bicyclic) bond motifs is 3. The highest BCUT2D eigenvalue weighted by Gasteiger charge is 2.28. The summed E-state index contributed by atoms with van der Waals surface area (Å²) >= 11 is 0. The smallest absolute Gasteiger partial charge is 0.257 e. The molecule has 3 aliphatic rings. The molecule has 2 saturated carbocycles. The van der Waals surface area contributed by atoms with Crippen LogP contribution in [0.4, 0.5) is 0 Å². The molecule has 7 nitrogen and oxygen atoms in total. The third-order valence-electron chi connectivity index (χ3n) is 7.46. The van der Waals surface area contributed by atoms with E-state index in [1.54, 1.807) is 11.1 Å². The Hall–Kier alpha value is -3.74. The summed E-state index contributed by atoms with van der Waals surface area (Å²) in [6.07, 6.45) is 7.03. The Labute approximate surface area is 217 Å². The fourth-order valence-corrected chi connectivity index (χ4v) is 4.98. The summed E-state index contributed by atoms with van der Waals surface area (Å²) in [7, 11) is 0. The van der Waals surface area contributed by atoms with Gasteiger partial charge in [0.2, 0.25) is 0 Å². The van der Waals surface area contributed by atoms with E-state index in [0.29, 0.717) is 61.3 Å². The number of hydrogen-bond donors (Lipinski definition) is 1. The molecule has 6 rings (SSSR count). The second-order valence-electron chi connectivity index (χ2n) is 10.4. The number of hydrogen-bond acceptors (Lipinski definition) is 5. The lowest BCUT2D eigenvalue weighted by Gasteiger charge is -2.24. The highest BCUT2D eigenvalue weighted by atomic mass is 16.5. The Kier molecular flexibility index (Phi) is 6.37. The van der Waals surface area contributed by atoms with Gasteiger partial charge in [0.05, 0.1) is 17.8 Å². The van der Waals surface area contributed by atoms with E-state index in [1.807, 2.05) is 25.1 Å². The molecule has 2 fully saturated rings. The summed E-state index contributed by atoms with van der Waals surface area (Å²) in [5.41, 5.74) is 5.34. The van der Waals surface area contributed by atoms with Crippen molar-refractivity contribution in [3.05, 3.63) is 88.0 Å². The molecule has 7 heteroatoms. The topological polar surface area (TPSA) is 84.4 Å². The molecule has 3 aromatic rings. The maximum Gasteiger partial charge on any atom is 0.257 e. The minimum absolute atomic E-state index is 0.136. The van der Waals surface area contributed by atoms with Gasteiger partial charge in [0.25, 0.3) is 11.8 Å². The van der Waals surface area contributed by atoms with Crippen LogP contribution < -0.4 is 10.1 Å². The number of carbonyl (C=O) groups is 2. The Morgan fingerprint density at radius 2 is 1.89 bits per heavy atom. The van der Waals surface area contributed by atoms with Crippen molar-refractivity contribution in [2.45, 2.75) is 50.9 Å². The summed E-state index contributed by atoms with van der Waals surface area (Å²) in [4.78, 5) is 37.2. The van der Waals surface area contributed by atoms with Gasteiger partial charge in [-0.15, -0.1) is 0 Å². The van der Waals surface area contributed by atoms with Gasteiger partial charge >= 0.3 is 0 Å². The Morgan fingerprint density at radius 3 is 2.68 bits per heavy atom. The molecule has 1 aromatic heterocycles. The van der Waals surface area contributed by atoms with E-state index in [9.17, 15) is 9.59 Å². The number of ether oxygens (including phenoxy) is 1. The van der Waals surface area contributed by atoms with E-state index in [0.717, 1.165) is 35.5 Å². The fourth-order valence-electron chi connectivity index (χ4n) is 4.98. The summed E-state index contributed by atoms with van der Waals surface area (Å²) < 4.78 is 6.27. The summed E-state index contributed by atoms with van der Waals surface area (Å²) in [6, 6.07) is 14.2. The lowest BCUT2D eigenvalue weighted by atomic mass is 9.98. The minimum Gasteiger partial charge on any atom is -0.491 e. The molecule has 37 heavy (non-hydrogen) atoms. The maximum atomic E-state index is 13.5. The quantitative estimate of drug-likeness (QED) is 0.581. The van der Waals surface area contributed by atoms with E-state index in [4.69, 9.17) is 4.74 Å². The van der Waals surface area contributed by atoms with Crippen molar-refractivity contribution in [3.63, 3.8) is 0 Å². The van der Waals surface area contributed by atoms with Crippen molar-refractivity contribution < 1.29 is 14.3 Å². The molecule has 2 bridgehead atoms. The van der Waals surface area contributed by atoms with Crippen molar-refractivity contribution in [3.8, 4) is 5.75 Å². The molecule has 0 saturated heterocycles. The molecule has 190 valence electrons. The zero-order valence-electron chi connectivity index (χ0n) is 21.2. The van der Waals surface area contributed by atoms with Crippen LogP contribution in [0.3, 0.4) is 0 Å². The van der Waals surface area contributed by atoms with Crippen LogP contribution in [-0.2, 0) is 6.42 Å². The first kappa shape index (κ1) is 23.6. The van der Waals surface area contributed by atoms with Gasteiger partial charge in [-0.2, -0.15) is 0 Å². The molecule has 1 N–H and O–H groups in total. The second kappa shape index (κ2) is 9.96. The number of benzene rings is 2. The van der Waals surface area contributed by atoms with Crippen LogP contribution >= 0.6 is 0 Å². The summed E-state index contributed by atoms with van der Waals surface area (Å²) in [6.45, 7) is 3.33. The van der Waals surface area contributed by atoms with Gasteiger partial charge in [0.1, 0.15) is 18.2 Å². The van der Waals surface area contributed by atoms with E-state index in [2.05, 4.69) is 39.6 Å². The van der Waals surface area contributed by atoms with Crippen LogP contribution in [0, 0.1) is 6.92 Å². The zero-order chi connectivity index (χ0) is 25.4. The van der Waals surface area contributed by atoms with Crippen LogP contribution in [0.2, 0.25) is 0 Å². The van der Waals surface area contributed by atoms with Crippen LogP contribution in [0.15, 0.2) is 48.7 Å². The van der Waals surface area contributed by atoms with Gasteiger partial charge in [-0.25, -0.2) is 9.97 Å². The monoisotopic (exact) mass is 496 g/mol. The van der Waals surface area contributed by atoms with Crippen molar-refractivity contribution in [1.82, 2.24) is 20.2 Å². The standard InChI is InChI=1S/C30H32N4O3/c1-19-26(18-32-28(33-19)22-7-8-22)30(36)34-12-11-31-29(35)24-4-2-3-20(15-24)16-25-17-23(21-5-6-21)9-10-27(25)37-14-13-34/h2-4,9-10,15,17-18,21-22H,5-8,11-14,16H2,1H3,(H,31,35). The van der Waals surface area contributed by atoms with Gasteiger partial charge in [0.15, 0.2) is 0 Å². The third kappa shape index (κ3) is 5.36. The van der Waals surface area contributed by atoms with Gasteiger partial charge < -0.3 is 15.0 Å². The summed E-state index contributed by atoms with van der Waals surface area (Å²) in [5, 5.41) is 2.98. The van der Waals surface area contributed by atoms with Crippen molar-refractivity contribution in [2.24, 2.45) is 0 Å². The number of rotatable bonds is 3. The molecule has 2 heterocycles. The van der Waals surface area contributed by atoms with E-state index < -0.39 is 0 Å². The lowest BCUT2D eigenvalue weighted by molar-refractivity contribution is 0.0722. The van der Waals surface area contributed by atoms with Gasteiger partial charge in [-0.1, -0.05) is 24.3 Å². The molecule has 0 unspecified atom stereocenters. The van der Waals surface area contributed by atoms with Crippen LogP contribution in [-0.4, -0.2) is 52.9 Å². The van der Waals surface area contributed by atoms with E-state index in [-0.39, 0.29) is 11.8 Å². The number of amides is 2. The average Bonchev–Trinajstić information content (AvgIpc) is 3.81. The fraction of sp³-hybridized carbons (Fsp3) is 0.400. The van der Waals surface area contributed by atoms with Gasteiger partial charge in [-0.3, -0.25) is 9.59 Å². The molecule has 1 aliphatic heterocycles. The number of aromatic nitrogens is 2. The first-order valence-electron chi connectivity index (χ1n) is 13.3. The molecule has 0 atom stereocenters. The SMILES string of the molecule is Cc1nc(C2CC2)ncc1C(=O)N1CCNC(=O)c2cccc(c2)Cc2cc(C3CC3)ccc2OCC1. The molecule has 0 spiro atoms. The normalized spacial score (nSPS) is 18.3. The van der Waals surface area contributed by atoms with Crippen molar-refractivity contribution in [2.75, 3.05) is 26.2 Å². The average molecular weight is 497 g/mol. The van der Waals surface area contributed by atoms with Crippen LogP contribution in [0.25, 0.3) is 0 Å². The molecular weight excluding hydrogens is 464 g/mol. The van der Waals surface area contributed by atoms with Gasteiger partial charge in [-0.05, 0) is 73.4 Å². The minimum atomic E-state index is -0.143. The highest BCUT2D eigenvalue weighted by molar-refractivity contribution is 5.95. The lowest BCUT2D eigenvalue weighted by Crippen LogP contribution is -2.41. The number of aryl methyl sites for hydroxylation is 1. The Morgan fingerprint density at radius 1 is 1.05 bits per heavy atom. The predicted octanol–water partition coefficient (Wildman–Crippen LogP) is 4.40. The molecule has 2 aromatic carbocycles. The largest absolute Gasteiger partial charge is 0.491 e. The molecular formula is C30H32N4O3. The number of nitrogens with zero attached hydrogens (tertiary/aromatic N) is 3. The van der Waals surface area contributed by atoms with E-state index >= 15 is 0 Å². The van der Waals surface area contributed by atoms with Crippen LogP contribution in [0.1, 0.15) is 86.4 Å². The predicted molar refractivity (Wildman–Crippen MR) is 140 cm³/mol. The number of carbonyl (C=O) groups excluding carboxylic acids is 2. The van der Waals surface area contributed by atoms with Crippen molar-refractivity contribution in [1.29, 1.82) is 0 Å². The van der Waals surface area contributed by atoms with Crippen molar-refractivity contribution >= 4 is 11.8 Å². The molecule has 0 radical (unpaired) electrons. The second-order valence-corrected chi connectivity index (χ2v) is 10.4. The highest BCUT2D eigenvalue weighted by Crippen LogP contribution is 2.41. The summed E-state index contributed by atoms with van der Waals surface area (Å²) in [5.74, 6) is 2.45. The zero-order valence-corrected chi connectivity index (χ0v) is 21.2. The number of nitrogens with one attached hydrogen (secondary N) is 1. The Balaban J connectivity index is 1.27. The molecule has 2 amide bonds. The van der Waals surface area contributed by atoms with Crippen LogP contribution in [0.5, 0.6) is 5.75 Å². The first-order chi connectivity index (χ1) is 18.0. The Bertz CT molecular complexity index is 1350. The third-order valence-corrected chi connectivity index (χ3v) is 7.46. The molecule has 2 aliphatic carbocycles. The van der Waals surface area contributed by atoms with E-state index in [1.165, 1.54) is 18.4 Å². The maximum absolute atomic E-state index is 13.5. The van der Waals surface area contributed by atoms with Gasteiger partial charge in [0, 0.05) is 37.2 Å². The first-order valence-corrected chi connectivity index (χ1v) is 13.3.